The average molecular weight is 355 g/mol. The average Bonchev–Trinajstić information content (AvgIpc) is 2.66. The SMILES string of the molecule is O=C(O)C1CCCC(C(=O)NC(c2ccccc2)c2cccc(F)c2)C1. The Balaban J connectivity index is 1.82. The zero-order valence-electron chi connectivity index (χ0n) is 14.4. The summed E-state index contributed by atoms with van der Waals surface area (Å²) < 4.78 is 13.7. The van der Waals surface area contributed by atoms with E-state index in [1.165, 1.54) is 12.1 Å². The molecule has 0 saturated heterocycles. The summed E-state index contributed by atoms with van der Waals surface area (Å²) in [5.41, 5.74) is 1.52. The molecule has 1 aliphatic carbocycles. The molecule has 3 atom stereocenters. The molecule has 136 valence electrons. The minimum absolute atomic E-state index is 0.172. The van der Waals surface area contributed by atoms with Gasteiger partial charge in [0.15, 0.2) is 0 Å². The Morgan fingerprint density at radius 3 is 2.38 bits per heavy atom. The molecule has 2 N–H and O–H groups in total. The second-order valence-corrected chi connectivity index (χ2v) is 6.81. The monoisotopic (exact) mass is 355 g/mol. The summed E-state index contributed by atoms with van der Waals surface area (Å²) in [4.78, 5) is 24.1. The second kappa shape index (κ2) is 8.13. The number of rotatable bonds is 5. The zero-order valence-corrected chi connectivity index (χ0v) is 14.4. The van der Waals surface area contributed by atoms with Gasteiger partial charge in [-0.15, -0.1) is 0 Å². The van der Waals surface area contributed by atoms with Crippen molar-refractivity contribution in [2.75, 3.05) is 0 Å². The summed E-state index contributed by atoms with van der Waals surface area (Å²) in [6.45, 7) is 0. The third kappa shape index (κ3) is 4.28. The van der Waals surface area contributed by atoms with Gasteiger partial charge in [-0.1, -0.05) is 48.9 Å². The number of carboxylic acid groups (broad SMARTS) is 1. The number of benzene rings is 2. The van der Waals surface area contributed by atoms with Gasteiger partial charge in [0.05, 0.1) is 12.0 Å². The Hall–Kier alpha value is -2.69. The van der Waals surface area contributed by atoms with Crippen molar-refractivity contribution in [2.45, 2.75) is 31.7 Å². The highest BCUT2D eigenvalue weighted by Gasteiger charge is 2.32. The minimum Gasteiger partial charge on any atom is -0.481 e. The van der Waals surface area contributed by atoms with Gasteiger partial charge in [-0.3, -0.25) is 9.59 Å². The van der Waals surface area contributed by atoms with Crippen molar-refractivity contribution in [2.24, 2.45) is 11.8 Å². The van der Waals surface area contributed by atoms with Crippen molar-refractivity contribution in [3.63, 3.8) is 0 Å². The molecule has 1 amide bonds. The van der Waals surface area contributed by atoms with Crippen molar-refractivity contribution in [1.29, 1.82) is 0 Å². The lowest BCUT2D eigenvalue weighted by Gasteiger charge is -2.28. The number of nitrogens with one attached hydrogen (secondary N) is 1. The maximum absolute atomic E-state index is 13.7. The number of hydrogen-bond acceptors (Lipinski definition) is 2. The van der Waals surface area contributed by atoms with E-state index >= 15 is 0 Å². The number of aliphatic carboxylic acids is 1. The molecule has 2 aromatic carbocycles. The van der Waals surface area contributed by atoms with Crippen LogP contribution in [0.15, 0.2) is 54.6 Å². The first kappa shape index (κ1) is 18.1. The van der Waals surface area contributed by atoms with Crippen LogP contribution in [0.3, 0.4) is 0 Å². The lowest BCUT2D eigenvalue weighted by molar-refractivity contribution is -0.144. The number of halogens is 1. The first-order valence-electron chi connectivity index (χ1n) is 8.88. The Labute approximate surface area is 152 Å². The van der Waals surface area contributed by atoms with E-state index in [1.54, 1.807) is 12.1 Å². The molecule has 3 rings (SSSR count). The molecular weight excluding hydrogens is 333 g/mol. The Kier molecular flexibility index (Phi) is 5.66. The van der Waals surface area contributed by atoms with Crippen LogP contribution in [0.4, 0.5) is 4.39 Å². The first-order valence-corrected chi connectivity index (χ1v) is 8.88. The third-order valence-corrected chi connectivity index (χ3v) is 5.00. The van der Waals surface area contributed by atoms with Crippen molar-refractivity contribution in [1.82, 2.24) is 5.32 Å². The van der Waals surface area contributed by atoms with Crippen molar-refractivity contribution in [3.05, 3.63) is 71.5 Å². The van der Waals surface area contributed by atoms with Gasteiger partial charge in [0.25, 0.3) is 0 Å². The van der Waals surface area contributed by atoms with E-state index < -0.39 is 17.9 Å². The molecule has 0 heterocycles. The lowest BCUT2D eigenvalue weighted by Crippen LogP contribution is -2.37. The molecule has 1 fully saturated rings. The summed E-state index contributed by atoms with van der Waals surface area (Å²) in [5.74, 6) is -2.17. The van der Waals surface area contributed by atoms with E-state index in [2.05, 4.69) is 5.32 Å². The lowest BCUT2D eigenvalue weighted by atomic mass is 9.80. The standard InChI is InChI=1S/C21H22FNO3/c22-18-11-5-8-15(13-18)19(14-6-2-1-3-7-14)23-20(24)16-9-4-10-17(12-16)21(25)26/h1-3,5-8,11,13,16-17,19H,4,9-10,12H2,(H,23,24)(H,25,26). The van der Waals surface area contributed by atoms with Crippen LogP contribution >= 0.6 is 0 Å². The molecule has 0 radical (unpaired) electrons. The molecule has 4 nitrogen and oxygen atoms in total. The Morgan fingerprint density at radius 2 is 1.69 bits per heavy atom. The molecule has 1 aliphatic rings. The fourth-order valence-electron chi connectivity index (χ4n) is 3.60. The smallest absolute Gasteiger partial charge is 0.306 e. The van der Waals surface area contributed by atoms with Gasteiger partial charge in [0, 0.05) is 5.92 Å². The van der Waals surface area contributed by atoms with Crippen LogP contribution in [0, 0.1) is 17.7 Å². The Bertz CT molecular complexity index is 778. The molecule has 0 spiro atoms. The van der Waals surface area contributed by atoms with Crippen LogP contribution in [-0.4, -0.2) is 17.0 Å². The topological polar surface area (TPSA) is 66.4 Å². The predicted octanol–water partition coefficient (Wildman–Crippen LogP) is 3.92. The van der Waals surface area contributed by atoms with E-state index in [0.717, 1.165) is 12.0 Å². The number of carbonyl (C=O) groups is 2. The highest BCUT2D eigenvalue weighted by molar-refractivity contribution is 5.81. The van der Waals surface area contributed by atoms with E-state index in [0.29, 0.717) is 24.8 Å². The van der Waals surface area contributed by atoms with Crippen molar-refractivity contribution in [3.8, 4) is 0 Å². The normalized spacial score (nSPS) is 21.0. The van der Waals surface area contributed by atoms with Crippen LogP contribution in [-0.2, 0) is 9.59 Å². The second-order valence-electron chi connectivity index (χ2n) is 6.81. The maximum atomic E-state index is 13.7. The van der Waals surface area contributed by atoms with Crippen LogP contribution in [0.1, 0.15) is 42.9 Å². The fourth-order valence-corrected chi connectivity index (χ4v) is 3.60. The quantitative estimate of drug-likeness (QED) is 0.854. The number of amides is 1. The molecule has 5 heteroatoms. The molecule has 1 saturated carbocycles. The fraction of sp³-hybridized carbons (Fsp3) is 0.333. The van der Waals surface area contributed by atoms with E-state index in [9.17, 15) is 19.1 Å². The molecule has 3 unspecified atom stereocenters. The highest BCUT2D eigenvalue weighted by atomic mass is 19.1. The largest absolute Gasteiger partial charge is 0.481 e. The molecule has 0 aliphatic heterocycles. The predicted molar refractivity (Wildman–Crippen MR) is 95.9 cm³/mol. The number of carboxylic acids is 1. The number of carbonyl (C=O) groups excluding carboxylic acids is 1. The molecule has 0 bridgehead atoms. The molecule has 2 aromatic rings. The van der Waals surface area contributed by atoms with Gasteiger partial charge in [-0.25, -0.2) is 4.39 Å². The van der Waals surface area contributed by atoms with Crippen LogP contribution in [0.2, 0.25) is 0 Å². The minimum atomic E-state index is -0.841. The van der Waals surface area contributed by atoms with Crippen LogP contribution < -0.4 is 5.32 Å². The van der Waals surface area contributed by atoms with Gasteiger partial charge in [0.2, 0.25) is 5.91 Å². The van der Waals surface area contributed by atoms with E-state index in [1.807, 2.05) is 30.3 Å². The van der Waals surface area contributed by atoms with Gasteiger partial charge < -0.3 is 10.4 Å². The molecular formula is C21H22FNO3. The zero-order chi connectivity index (χ0) is 18.5. The third-order valence-electron chi connectivity index (χ3n) is 5.00. The summed E-state index contributed by atoms with van der Waals surface area (Å²) in [6, 6.07) is 15.1. The Morgan fingerprint density at radius 1 is 1.00 bits per heavy atom. The highest BCUT2D eigenvalue weighted by Crippen LogP contribution is 2.31. The first-order chi connectivity index (χ1) is 12.5. The summed E-state index contributed by atoms with van der Waals surface area (Å²) in [5, 5.41) is 12.2. The van der Waals surface area contributed by atoms with Crippen molar-refractivity contribution >= 4 is 11.9 Å². The van der Waals surface area contributed by atoms with Crippen molar-refractivity contribution < 1.29 is 19.1 Å². The summed E-state index contributed by atoms with van der Waals surface area (Å²) in [6.07, 6.45) is 2.38. The summed E-state index contributed by atoms with van der Waals surface area (Å²) in [7, 11) is 0. The van der Waals surface area contributed by atoms with Gasteiger partial charge in [0.1, 0.15) is 5.82 Å². The van der Waals surface area contributed by atoms with Gasteiger partial charge in [-0.05, 0) is 42.5 Å². The van der Waals surface area contributed by atoms with E-state index in [-0.39, 0.29) is 17.6 Å². The number of hydrogen-bond donors (Lipinski definition) is 2. The molecule has 0 aromatic heterocycles. The van der Waals surface area contributed by atoms with Crippen LogP contribution in [0.25, 0.3) is 0 Å². The van der Waals surface area contributed by atoms with Gasteiger partial charge >= 0.3 is 5.97 Å². The van der Waals surface area contributed by atoms with Gasteiger partial charge in [-0.2, -0.15) is 0 Å². The van der Waals surface area contributed by atoms with E-state index in [4.69, 9.17) is 0 Å². The van der Waals surface area contributed by atoms with Crippen LogP contribution in [0.5, 0.6) is 0 Å². The molecule has 26 heavy (non-hydrogen) atoms. The summed E-state index contributed by atoms with van der Waals surface area (Å²) >= 11 is 0. The maximum Gasteiger partial charge on any atom is 0.306 e.